The first-order valence-corrected chi connectivity index (χ1v) is 7.25. The van der Waals surface area contributed by atoms with Gasteiger partial charge in [-0.25, -0.2) is 0 Å². The van der Waals surface area contributed by atoms with Crippen molar-refractivity contribution in [2.75, 3.05) is 27.9 Å². The predicted octanol–water partition coefficient (Wildman–Crippen LogP) is 2.34. The third-order valence-corrected chi connectivity index (χ3v) is 3.97. The highest BCUT2D eigenvalue weighted by molar-refractivity contribution is 5.55. The second-order valence-electron chi connectivity index (χ2n) is 5.14. The maximum atomic E-state index is 5.45. The van der Waals surface area contributed by atoms with Crippen molar-refractivity contribution in [3.8, 4) is 17.2 Å². The molecule has 1 aromatic heterocycles. The fraction of sp³-hybridized carbons (Fsp3) is 0.353. The molecular weight excluding hydrogens is 280 g/mol. The van der Waals surface area contributed by atoms with E-state index in [9.17, 15) is 0 Å². The van der Waals surface area contributed by atoms with Crippen LogP contribution >= 0.6 is 0 Å². The van der Waals surface area contributed by atoms with Gasteiger partial charge in [-0.2, -0.15) is 0 Å². The monoisotopic (exact) mass is 300 g/mol. The van der Waals surface area contributed by atoms with Gasteiger partial charge in [-0.1, -0.05) is 6.07 Å². The predicted molar refractivity (Wildman–Crippen MR) is 83.9 cm³/mol. The van der Waals surface area contributed by atoms with Crippen molar-refractivity contribution in [1.29, 1.82) is 0 Å². The molecule has 5 heteroatoms. The summed E-state index contributed by atoms with van der Waals surface area (Å²) in [6.07, 6.45) is 2.79. The highest BCUT2D eigenvalue weighted by atomic mass is 16.5. The topological polar surface area (TPSA) is 52.6 Å². The minimum absolute atomic E-state index is 0.0751. The molecule has 0 saturated heterocycles. The van der Waals surface area contributed by atoms with Crippen LogP contribution in [-0.2, 0) is 6.42 Å². The summed E-state index contributed by atoms with van der Waals surface area (Å²) in [6.45, 7) is 0.894. The van der Waals surface area contributed by atoms with Crippen LogP contribution in [0.15, 0.2) is 30.5 Å². The van der Waals surface area contributed by atoms with E-state index in [1.54, 1.807) is 21.3 Å². The van der Waals surface area contributed by atoms with Crippen LogP contribution in [0.2, 0.25) is 0 Å². The SMILES string of the molecule is COc1cc(C2NCCc3ncccc32)cc(OC)c1OC. The lowest BCUT2D eigenvalue weighted by Crippen LogP contribution is -2.31. The van der Waals surface area contributed by atoms with Gasteiger partial charge in [0.25, 0.3) is 0 Å². The molecule has 0 bridgehead atoms. The molecule has 2 heterocycles. The molecule has 0 radical (unpaired) electrons. The van der Waals surface area contributed by atoms with Gasteiger partial charge in [-0.05, 0) is 29.3 Å². The standard InChI is InChI=1S/C17H20N2O3/c1-20-14-9-11(10-15(21-2)17(14)22-3)16-12-5-4-7-18-13(12)6-8-19-16/h4-5,7,9-10,16,19H,6,8H2,1-3H3. The van der Waals surface area contributed by atoms with E-state index in [1.165, 1.54) is 5.56 Å². The molecule has 116 valence electrons. The van der Waals surface area contributed by atoms with Crippen LogP contribution in [0.1, 0.15) is 22.9 Å². The zero-order chi connectivity index (χ0) is 15.5. The van der Waals surface area contributed by atoms with Crippen LogP contribution in [0.4, 0.5) is 0 Å². The first kappa shape index (κ1) is 14.7. The van der Waals surface area contributed by atoms with Gasteiger partial charge >= 0.3 is 0 Å². The number of hydrogen-bond acceptors (Lipinski definition) is 5. The van der Waals surface area contributed by atoms with Crippen molar-refractivity contribution in [3.63, 3.8) is 0 Å². The number of nitrogens with zero attached hydrogens (tertiary/aromatic N) is 1. The number of ether oxygens (including phenoxy) is 3. The zero-order valence-electron chi connectivity index (χ0n) is 13.1. The molecule has 1 aliphatic rings. The van der Waals surface area contributed by atoms with Crippen LogP contribution in [0.3, 0.4) is 0 Å². The zero-order valence-corrected chi connectivity index (χ0v) is 13.1. The molecule has 0 fully saturated rings. The van der Waals surface area contributed by atoms with Crippen molar-refractivity contribution >= 4 is 0 Å². The lowest BCUT2D eigenvalue weighted by Gasteiger charge is -2.27. The second kappa shape index (κ2) is 6.23. The number of rotatable bonds is 4. The minimum Gasteiger partial charge on any atom is -0.493 e. The molecule has 1 N–H and O–H groups in total. The van der Waals surface area contributed by atoms with Crippen LogP contribution in [0.5, 0.6) is 17.2 Å². The van der Waals surface area contributed by atoms with Gasteiger partial charge in [0, 0.05) is 24.9 Å². The Kier molecular flexibility index (Phi) is 4.15. The van der Waals surface area contributed by atoms with Gasteiger partial charge in [-0.15, -0.1) is 0 Å². The Morgan fingerprint density at radius 1 is 1.09 bits per heavy atom. The summed E-state index contributed by atoms with van der Waals surface area (Å²) in [5, 5.41) is 3.54. The lowest BCUT2D eigenvalue weighted by atomic mass is 9.92. The molecule has 22 heavy (non-hydrogen) atoms. The van der Waals surface area contributed by atoms with Crippen molar-refractivity contribution in [3.05, 3.63) is 47.3 Å². The lowest BCUT2D eigenvalue weighted by molar-refractivity contribution is 0.323. The van der Waals surface area contributed by atoms with E-state index in [4.69, 9.17) is 14.2 Å². The third kappa shape index (κ3) is 2.48. The van der Waals surface area contributed by atoms with E-state index in [2.05, 4.69) is 16.4 Å². The maximum Gasteiger partial charge on any atom is 0.203 e. The van der Waals surface area contributed by atoms with Gasteiger partial charge < -0.3 is 19.5 Å². The van der Waals surface area contributed by atoms with Crippen molar-refractivity contribution in [2.24, 2.45) is 0 Å². The summed E-state index contributed by atoms with van der Waals surface area (Å²) in [5.74, 6) is 1.93. The molecule has 3 rings (SSSR count). The first-order chi connectivity index (χ1) is 10.8. The number of fused-ring (bicyclic) bond motifs is 1. The molecular formula is C17H20N2O3. The normalized spacial score (nSPS) is 16.8. The molecule has 0 amide bonds. The Hall–Kier alpha value is -2.27. The Morgan fingerprint density at radius 2 is 1.82 bits per heavy atom. The summed E-state index contributed by atoms with van der Waals surface area (Å²) < 4.78 is 16.3. The molecule has 1 atom stereocenters. The van der Waals surface area contributed by atoms with Crippen LogP contribution in [-0.4, -0.2) is 32.9 Å². The maximum absolute atomic E-state index is 5.45. The fourth-order valence-corrected chi connectivity index (χ4v) is 2.93. The van der Waals surface area contributed by atoms with Crippen molar-refractivity contribution in [2.45, 2.75) is 12.5 Å². The summed E-state index contributed by atoms with van der Waals surface area (Å²) in [7, 11) is 4.87. The molecule has 1 aromatic carbocycles. The number of aromatic nitrogens is 1. The van der Waals surface area contributed by atoms with Gasteiger partial charge in [-0.3, -0.25) is 4.98 Å². The number of methoxy groups -OCH3 is 3. The molecule has 0 aliphatic carbocycles. The highest BCUT2D eigenvalue weighted by Crippen LogP contribution is 2.41. The van der Waals surface area contributed by atoms with Gasteiger partial charge in [0.1, 0.15) is 0 Å². The molecule has 1 unspecified atom stereocenters. The Labute approximate surface area is 130 Å². The third-order valence-electron chi connectivity index (χ3n) is 3.97. The van der Waals surface area contributed by atoms with E-state index >= 15 is 0 Å². The average Bonchev–Trinajstić information content (AvgIpc) is 2.59. The Morgan fingerprint density at radius 3 is 2.45 bits per heavy atom. The number of nitrogens with one attached hydrogen (secondary N) is 1. The smallest absolute Gasteiger partial charge is 0.203 e. The number of hydrogen-bond donors (Lipinski definition) is 1. The van der Waals surface area contributed by atoms with E-state index in [0.29, 0.717) is 17.2 Å². The highest BCUT2D eigenvalue weighted by Gasteiger charge is 2.24. The summed E-state index contributed by atoms with van der Waals surface area (Å²) in [5.41, 5.74) is 3.41. The Balaban J connectivity index is 2.10. The van der Waals surface area contributed by atoms with Crippen molar-refractivity contribution < 1.29 is 14.2 Å². The fourth-order valence-electron chi connectivity index (χ4n) is 2.93. The van der Waals surface area contributed by atoms with E-state index in [-0.39, 0.29) is 6.04 Å². The van der Waals surface area contributed by atoms with Gasteiger partial charge in [0.15, 0.2) is 11.5 Å². The number of pyridine rings is 1. The van der Waals surface area contributed by atoms with Crippen LogP contribution in [0, 0.1) is 0 Å². The van der Waals surface area contributed by atoms with Crippen LogP contribution < -0.4 is 19.5 Å². The molecule has 5 nitrogen and oxygen atoms in total. The molecule has 1 aliphatic heterocycles. The van der Waals surface area contributed by atoms with E-state index in [1.807, 2.05) is 24.4 Å². The first-order valence-electron chi connectivity index (χ1n) is 7.25. The Bertz CT molecular complexity index is 648. The number of benzene rings is 1. The quantitative estimate of drug-likeness (QED) is 0.939. The largest absolute Gasteiger partial charge is 0.493 e. The van der Waals surface area contributed by atoms with Crippen LogP contribution in [0.25, 0.3) is 0 Å². The van der Waals surface area contributed by atoms with E-state index < -0.39 is 0 Å². The average molecular weight is 300 g/mol. The second-order valence-corrected chi connectivity index (χ2v) is 5.14. The summed E-state index contributed by atoms with van der Waals surface area (Å²) in [6, 6.07) is 8.13. The molecule has 2 aromatic rings. The summed E-state index contributed by atoms with van der Waals surface area (Å²) >= 11 is 0. The van der Waals surface area contributed by atoms with Crippen molar-refractivity contribution in [1.82, 2.24) is 10.3 Å². The van der Waals surface area contributed by atoms with Gasteiger partial charge in [0.05, 0.1) is 27.4 Å². The van der Waals surface area contributed by atoms with Gasteiger partial charge in [0.2, 0.25) is 5.75 Å². The van der Waals surface area contributed by atoms with E-state index in [0.717, 1.165) is 24.2 Å². The summed E-state index contributed by atoms with van der Waals surface area (Å²) in [4.78, 5) is 4.49. The molecule has 0 spiro atoms. The minimum atomic E-state index is 0.0751. The molecule has 0 saturated carbocycles.